The molecule has 0 aliphatic heterocycles. The molecule has 1 atom stereocenters. The third-order valence-corrected chi connectivity index (χ3v) is 1.36. The van der Waals surface area contributed by atoms with E-state index in [4.69, 9.17) is 5.11 Å². The summed E-state index contributed by atoms with van der Waals surface area (Å²) in [4.78, 5) is 10.6. The SMILES string of the molecule is CC(C)C[C@H](NN=C=S)C(=O)O. The molecule has 0 rings (SSSR count). The first-order valence-electron chi connectivity index (χ1n) is 3.63. The van der Waals surface area contributed by atoms with E-state index in [-0.39, 0.29) is 0 Å². The summed E-state index contributed by atoms with van der Waals surface area (Å²) in [5, 5.41) is 14.1. The van der Waals surface area contributed by atoms with Crippen molar-refractivity contribution in [3.8, 4) is 0 Å². The summed E-state index contributed by atoms with van der Waals surface area (Å²) in [6, 6.07) is -0.666. The Morgan fingerprint density at radius 2 is 2.33 bits per heavy atom. The van der Waals surface area contributed by atoms with Crippen LogP contribution in [0.5, 0.6) is 0 Å². The molecule has 0 aromatic heterocycles. The summed E-state index contributed by atoms with van der Waals surface area (Å²) in [5.74, 6) is -0.614. The van der Waals surface area contributed by atoms with Crippen molar-refractivity contribution in [2.75, 3.05) is 0 Å². The summed E-state index contributed by atoms with van der Waals surface area (Å²) in [7, 11) is 0. The molecule has 5 heteroatoms. The predicted molar refractivity (Wildman–Crippen MR) is 49.0 cm³/mol. The molecule has 0 aromatic carbocycles. The molecule has 0 saturated heterocycles. The Bertz CT molecular complexity index is 200. The lowest BCUT2D eigenvalue weighted by atomic mass is 10.0. The monoisotopic (exact) mass is 188 g/mol. The topological polar surface area (TPSA) is 61.7 Å². The van der Waals surface area contributed by atoms with Crippen LogP contribution in [0.4, 0.5) is 0 Å². The minimum atomic E-state index is -0.919. The summed E-state index contributed by atoms with van der Waals surface area (Å²) in [5.41, 5.74) is 2.41. The van der Waals surface area contributed by atoms with Gasteiger partial charge < -0.3 is 5.11 Å². The Morgan fingerprint density at radius 1 is 1.75 bits per heavy atom. The number of aliphatic carboxylic acids is 1. The van der Waals surface area contributed by atoms with E-state index in [1.54, 1.807) is 0 Å². The molecular formula is C7H12N2O2S. The van der Waals surface area contributed by atoms with Gasteiger partial charge in [-0.1, -0.05) is 13.8 Å². The van der Waals surface area contributed by atoms with Crippen molar-refractivity contribution in [1.82, 2.24) is 5.43 Å². The van der Waals surface area contributed by atoms with E-state index >= 15 is 0 Å². The second kappa shape index (κ2) is 5.69. The van der Waals surface area contributed by atoms with Gasteiger partial charge in [0.2, 0.25) is 0 Å². The van der Waals surface area contributed by atoms with E-state index in [0.717, 1.165) is 0 Å². The van der Waals surface area contributed by atoms with E-state index in [2.05, 4.69) is 27.9 Å². The fourth-order valence-corrected chi connectivity index (χ4v) is 0.837. The van der Waals surface area contributed by atoms with Crippen molar-refractivity contribution >= 4 is 23.3 Å². The largest absolute Gasteiger partial charge is 0.480 e. The quantitative estimate of drug-likeness (QED) is 0.385. The smallest absolute Gasteiger partial charge is 0.327 e. The molecule has 0 aliphatic carbocycles. The van der Waals surface area contributed by atoms with Crippen LogP contribution in [0.2, 0.25) is 0 Å². The van der Waals surface area contributed by atoms with Gasteiger partial charge in [-0.15, -0.1) is 5.10 Å². The van der Waals surface area contributed by atoms with Gasteiger partial charge in [0.1, 0.15) is 6.04 Å². The zero-order valence-corrected chi connectivity index (χ0v) is 7.89. The summed E-state index contributed by atoms with van der Waals surface area (Å²) >= 11 is 4.30. The van der Waals surface area contributed by atoms with E-state index in [9.17, 15) is 4.79 Å². The van der Waals surface area contributed by atoms with Crippen LogP contribution < -0.4 is 5.43 Å². The molecule has 12 heavy (non-hydrogen) atoms. The fourth-order valence-electron chi connectivity index (χ4n) is 0.784. The van der Waals surface area contributed by atoms with Crippen LogP contribution >= 0.6 is 12.2 Å². The van der Waals surface area contributed by atoms with Crippen molar-refractivity contribution in [2.24, 2.45) is 11.0 Å². The van der Waals surface area contributed by atoms with Gasteiger partial charge in [0.25, 0.3) is 0 Å². The fraction of sp³-hybridized carbons (Fsp3) is 0.714. The second-order valence-electron chi connectivity index (χ2n) is 2.85. The number of hydrazone groups is 1. The van der Waals surface area contributed by atoms with Crippen molar-refractivity contribution in [3.63, 3.8) is 0 Å². The molecule has 68 valence electrons. The van der Waals surface area contributed by atoms with Gasteiger partial charge in [-0.25, -0.2) is 4.79 Å². The Balaban J connectivity index is 4.04. The highest BCUT2D eigenvalue weighted by Gasteiger charge is 2.17. The number of carbonyl (C=O) groups is 1. The van der Waals surface area contributed by atoms with Gasteiger partial charge in [0.05, 0.1) is 5.16 Å². The molecule has 0 amide bonds. The molecule has 0 aliphatic rings. The lowest BCUT2D eigenvalue weighted by Gasteiger charge is -2.12. The molecule has 0 bridgehead atoms. The first-order valence-corrected chi connectivity index (χ1v) is 4.04. The van der Waals surface area contributed by atoms with Gasteiger partial charge in [-0.3, -0.25) is 5.43 Å². The lowest BCUT2D eigenvalue weighted by Crippen LogP contribution is -2.34. The van der Waals surface area contributed by atoms with Crippen LogP contribution in [0.3, 0.4) is 0 Å². The predicted octanol–water partition coefficient (Wildman–Crippen LogP) is 1.09. The molecule has 0 spiro atoms. The average molecular weight is 188 g/mol. The first-order chi connectivity index (χ1) is 5.57. The highest BCUT2D eigenvalue weighted by molar-refractivity contribution is 7.78. The molecule has 0 saturated carbocycles. The molecule has 4 nitrogen and oxygen atoms in total. The van der Waals surface area contributed by atoms with Crippen molar-refractivity contribution < 1.29 is 9.90 Å². The number of carboxylic acid groups (broad SMARTS) is 1. The van der Waals surface area contributed by atoms with Gasteiger partial charge >= 0.3 is 5.97 Å². The molecule has 2 N–H and O–H groups in total. The summed E-state index contributed by atoms with van der Waals surface area (Å²) in [6.07, 6.45) is 0.524. The third-order valence-electron chi connectivity index (χ3n) is 1.27. The third kappa shape index (κ3) is 4.82. The van der Waals surface area contributed by atoms with Gasteiger partial charge in [-0.2, -0.15) is 0 Å². The van der Waals surface area contributed by atoms with E-state index in [1.165, 1.54) is 0 Å². The zero-order valence-electron chi connectivity index (χ0n) is 7.07. The van der Waals surface area contributed by atoms with Crippen LogP contribution in [-0.4, -0.2) is 22.3 Å². The second-order valence-corrected chi connectivity index (χ2v) is 3.04. The minimum Gasteiger partial charge on any atom is -0.480 e. The first kappa shape index (κ1) is 11.1. The number of nitrogens with zero attached hydrogens (tertiary/aromatic N) is 1. The maximum Gasteiger partial charge on any atom is 0.327 e. The number of thiocarbonyl (C=S) groups is 1. The van der Waals surface area contributed by atoms with Crippen molar-refractivity contribution in [2.45, 2.75) is 26.3 Å². The average Bonchev–Trinajstić information content (AvgIpc) is 1.96. The Labute approximate surface area is 76.7 Å². The Kier molecular flexibility index (Phi) is 5.25. The van der Waals surface area contributed by atoms with Gasteiger partial charge in [0, 0.05) is 0 Å². The number of rotatable bonds is 5. The maximum atomic E-state index is 10.6. The van der Waals surface area contributed by atoms with Crippen LogP contribution in [0.1, 0.15) is 20.3 Å². The molecular weight excluding hydrogens is 176 g/mol. The van der Waals surface area contributed by atoms with Crippen molar-refractivity contribution in [3.05, 3.63) is 0 Å². The van der Waals surface area contributed by atoms with Gasteiger partial charge in [0.15, 0.2) is 0 Å². The number of carboxylic acids is 1. The van der Waals surface area contributed by atoms with Crippen LogP contribution in [0, 0.1) is 5.92 Å². The maximum absolute atomic E-state index is 10.6. The highest BCUT2D eigenvalue weighted by atomic mass is 32.1. The lowest BCUT2D eigenvalue weighted by molar-refractivity contribution is -0.139. The van der Waals surface area contributed by atoms with Gasteiger partial charge in [-0.05, 0) is 24.6 Å². The minimum absolute atomic E-state index is 0.305. The van der Waals surface area contributed by atoms with E-state index in [1.807, 2.05) is 13.8 Å². The number of nitrogens with one attached hydrogen (secondary N) is 1. The summed E-state index contributed by atoms with van der Waals surface area (Å²) < 4.78 is 0. The Hall–Kier alpha value is -0.930. The number of hydrogen-bond acceptors (Lipinski definition) is 4. The Morgan fingerprint density at radius 3 is 2.67 bits per heavy atom. The van der Waals surface area contributed by atoms with E-state index in [0.29, 0.717) is 12.3 Å². The van der Waals surface area contributed by atoms with Crippen LogP contribution in [0.15, 0.2) is 5.10 Å². The van der Waals surface area contributed by atoms with Crippen LogP contribution in [-0.2, 0) is 4.79 Å². The summed E-state index contributed by atoms with van der Waals surface area (Å²) in [6.45, 7) is 3.89. The molecule has 0 heterocycles. The molecule has 0 fully saturated rings. The van der Waals surface area contributed by atoms with Crippen LogP contribution in [0.25, 0.3) is 0 Å². The molecule has 0 unspecified atom stereocenters. The molecule has 0 aromatic rings. The number of isothiocyanates is 1. The standard InChI is InChI=1S/C7H12N2O2S/c1-5(2)3-6(7(10)11)9-8-4-12/h5-6,9H,3H2,1-2H3,(H,10,11)/t6-/m0/s1. The highest BCUT2D eigenvalue weighted by Crippen LogP contribution is 2.04. The van der Waals surface area contributed by atoms with E-state index < -0.39 is 12.0 Å². The number of hydrogen-bond donors (Lipinski definition) is 2. The zero-order chi connectivity index (χ0) is 9.56. The van der Waals surface area contributed by atoms with Crippen molar-refractivity contribution in [1.29, 1.82) is 0 Å². The molecule has 0 radical (unpaired) electrons. The normalized spacial score (nSPS) is 11.9.